The molecule has 0 radical (unpaired) electrons. The van der Waals surface area contributed by atoms with Crippen molar-refractivity contribution in [3.05, 3.63) is 42.4 Å². The first-order valence-corrected chi connectivity index (χ1v) is 8.41. The van der Waals surface area contributed by atoms with Gasteiger partial charge in [-0.1, -0.05) is 25.3 Å². The van der Waals surface area contributed by atoms with Gasteiger partial charge in [0.2, 0.25) is 5.91 Å². The highest BCUT2D eigenvalue weighted by Gasteiger charge is 2.23. The second-order valence-electron chi connectivity index (χ2n) is 6.40. The van der Waals surface area contributed by atoms with E-state index in [9.17, 15) is 4.79 Å². The summed E-state index contributed by atoms with van der Waals surface area (Å²) in [6.07, 6.45) is 12.1. The van der Waals surface area contributed by atoms with Crippen molar-refractivity contribution in [1.29, 1.82) is 0 Å². The van der Waals surface area contributed by atoms with E-state index in [0.717, 1.165) is 17.9 Å². The van der Waals surface area contributed by atoms with Gasteiger partial charge in [0, 0.05) is 26.0 Å². The van der Waals surface area contributed by atoms with Crippen LogP contribution in [0.1, 0.15) is 37.7 Å². The molecule has 0 spiro atoms. The molecule has 5 nitrogen and oxygen atoms in total. The van der Waals surface area contributed by atoms with Crippen molar-refractivity contribution in [3.63, 3.8) is 0 Å². The summed E-state index contributed by atoms with van der Waals surface area (Å²) in [5.41, 5.74) is 0.946. The first kappa shape index (κ1) is 15.7. The maximum Gasteiger partial charge on any atom is 0.232 e. The average Bonchev–Trinajstić information content (AvgIpc) is 2.99. The Balaban J connectivity index is 1.74. The lowest BCUT2D eigenvalue weighted by molar-refractivity contribution is -0.118. The summed E-state index contributed by atoms with van der Waals surface area (Å²) in [4.78, 5) is 19.1. The van der Waals surface area contributed by atoms with Crippen LogP contribution >= 0.6 is 0 Å². The Hall–Kier alpha value is -2.17. The lowest BCUT2D eigenvalue weighted by Crippen LogP contribution is -2.37. The van der Waals surface area contributed by atoms with Crippen molar-refractivity contribution in [3.8, 4) is 0 Å². The third kappa shape index (κ3) is 4.18. The molecule has 0 unspecified atom stereocenters. The molecule has 2 heterocycles. The quantitative estimate of drug-likeness (QED) is 0.853. The van der Waals surface area contributed by atoms with Gasteiger partial charge >= 0.3 is 0 Å². The Bertz CT molecular complexity index is 631. The van der Waals surface area contributed by atoms with Gasteiger partial charge in [-0.05, 0) is 36.5 Å². The SMILES string of the molecule is Cn1cc(CC(=O)N(CC2CCCCC2)c2ccccn2)cn1. The number of pyridine rings is 1. The molecule has 0 bridgehead atoms. The van der Waals surface area contributed by atoms with Crippen molar-refractivity contribution in [1.82, 2.24) is 14.8 Å². The molecule has 5 heteroatoms. The van der Waals surface area contributed by atoms with Crippen molar-refractivity contribution in [2.45, 2.75) is 38.5 Å². The summed E-state index contributed by atoms with van der Waals surface area (Å²) in [6, 6.07) is 5.74. The molecule has 0 N–H and O–H groups in total. The molecule has 122 valence electrons. The maximum absolute atomic E-state index is 12.8. The Morgan fingerprint density at radius 2 is 2.13 bits per heavy atom. The minimum Gasteiger partial charge on any atom is -0.296 e. The van der Waals surface area contributed by atoms with E-state index in [0.29, 0.717) is 12.3 Å². The lowest BCUT2D eigenvalue weighted by Gasteiger charge is -2.29. The third-order valence-corrected chi connectivity index (χ3v) is 4.51. The Labute approximate surface area is 137 Å². The molecule has 0 aromatic carbocycles. The predicted octanol–water partition coefficient (Wildman–Crippen LogP) is 2.97. The summed E-state index contributed by atoms with van der Waals surface area (Å²) in [7, 11) is 1.87. The molecule has 1 saturated carbocycles. The number of aryl methyl sites for hydroxylation is 1. The van der Waals surface area contributed by atoms with E-state index in [-0.39, 0.29) is 5.91 Å². The molecular formula is C18H24N4O. The van der Waals surface area contributed by atoms with Crippen LogP contribution in [-0.4, -0.2) is 27.2 Å². The molecule has 0 aliphatic heterocycles. The van der Waals surface area contributed by atoms with Crippen LogP contribution in [0.4, 0.5) is 5.82 Å². The highest BCUT2D eigenvalue weighted by atomic mass is 16.2. The number of hydrogen-bond acceptors (Lipinski definition) is 3. The number of hydrogen-bond donors (Lipinski definition) is 0. The van der Waals surface area contributed by atoms with Crippen LogP contribution in [0, 0.1) is 5.92 Å². The molecule has 1 fully saturated rings. The Kier molecular flexibility index (Phi) is 5.05. The van der Waals surface area contributed by atoms with Crippen molar-refractivity contribution in [2.75, 3.05) is 11.4 Å². The van der Waals surface area contributed by atoms with Gasteiger partial charge in [0.1, 0.15) is 5.82 Å². The topological polar surface area (TPSA) is 51.0 Å². The van der Waals surface area contributed by atoms with E-state index in [4.69, 9.17) is 0 Å². The van der Waals surface area contributed by atoms with E-state index < -0.39 is 0 Å². The fourth-order valence-electron chi connectivity index (χ4n) is 3.30. The van der Waals surface area contributed by atoms with E-state index in [1.54, 1.807) is 17.1 Å². The largest absolute Gasteiger partial charge is 0.296 e. The molecule has 2 aromatic heterocycles. The fraction of sp³-hybridized carbons (Fsp3) is 0.500. The van der Waals surface area contributed by atoms with Crippen molar-refractivity contribution in [2.24, 2.45) is 13.0 Å². The van der Waals surface area contributed by atoms with Crippen LogP contribution in [0.15, 0.2) is 36.8 Å². The summed E-state index contributed by atoms with van der Waals surface area (Å²) in [6.45, 7) is 0.774. The van der Waals surface area contributed by atoms with Gasteiger partial charge in [0.15, 0.2) is 0 Å². The summed E-state index contributed by atoms with van der Waals surface area (Å²) < 4.78 is 1.73. The monoisotopic (exact) mass is 312 g/mol. The average molecular weight is 312 g/mol. The highest BCUT2D eigenvalue weighted by molar-refractivity contribution is 5.93. The van der Waals surface area contributed by atoms with Crippen LogP contribution in [0.2, 0.25) is 0 Å². The summed E-state index contributed by atoms with van der Waals surface area (Å²) >= 11 is 0. The third-order valence-electron chi connectivity index (χ3n) is 4.51. The van der Waals surface area contributed by atoms with E-state index in [1.807, 2.05) is 36.3 Å². The zero-order valence-corrected chi connectivity index (χ0v) is 13.7. The van der Waals surface area contributed by atoms with Crippen LogP contribution in [-0.2, 0) is 18.3 Å². The zero-order valence-electron chi connectivity index (χ0n) is 13.7. The fourth-order valence-corrected chi connectivity index (χ4v) is 3.30. The second-order valence-corrected chi connectivity index (χ2v) is 6.40. The normalized spacial score (nSPS) is 15.5. The number of nitrogens with zero attached hydrogens (tertiary/aromatic N) is 4. The van der Waals surface area contributed by atoms with Crippen LogP contribution in [0.3, 0.4) is 0 Å². The minimum atomic E-state index is 0.0993. The molecule has 1 amide bonds. The molecule has 3 rings (SSSR count). The predicted molar refractivity (Wildman–Crippen MR) is 90.1 cm³/mol. The van der Waals surface area contributed by atoms with E-state index in [2.05, 4.69) is 10.1 Å². The van der Waals surface area contributed by atoms with Crippen LogP contribution in [0.25, 0.3) is 0 Å². The molecule has 1 aliphatic carbocycles. The number of anilines is 1. The van der Waals surface area contributed by atoms with Crippen molar-refractivity contribution < 1.29 is 4.79 Å². The molecule has 1 aliphatic rings. The van der Waals surface area contributed by atoms with E-state index >= 15 is 0 Å². The molecule has 0 saturated heterocycles. The number of amides is 1. The second kappa shape index (κ2) is 7.40. The Morgan fingerprint density at radius 1 is 1.30 bits per heavy atom. The number of rotatable bonds is 5. The van der Waals surface area contributed by atoms with Crippen LogP contribution < -0.4 is 4.90 Å². The summed E-state index contributed by atoms with van der Waals surface area (Å²) in [5.74, 6) is 1.44. The molecular weight excluding hydrogens is 288 g/mol. The van der Waals surface area contributed by atoms with Gasteiger partial charge in [0.25, 0.3) is 0 Å². The van der Waals surface area contributed by atoms with Gasteiger partial charge in [-0.3, -0.25) is 14.4 Å². The lowest BCUT2D eigenvalue weighted by atomic mass is 9.89. The van der Waals surface area contributed by atoms with Gasteiger partial charge < -0.3 is 0 Å². The molecule has 23 heavy (non-hydrogen) atoms. The maximum atomic E-state index is 12.8. The number of aromatic nitrogens is 3. The van der Waals surface area contributed by atoms with E-state index in [1.165, 1.54) is 32.1 Å². The minimum absolute atomic E-state index is 0.0993. The smallest absolute Gasteiger partial charge is 0.232 e. The van der Waals surface area contributed by atoms with Crippen LogP contribution in [0.5, 0.6) is 0 Å². The highest BCUT2D eigenvalue weighted by Crippen LogP contribution is 2.26. The number of carbonyl (C=O) groups is 1. The number of carbonyl (C=O) groups excluding carboxylic acids is 1. The Morgan fingerprint density at radius 3 is 2.78 bits per heavy atom. The molecule has 2 aromatic rings. The summed E-state index contributed by atoms with van der Waals surface area (Å²) in [5, 5.41) is 4.15. The molecule has 0 atom stereocenters. The first-order valence-electron chi connectivity index (χ1n) is 8.41. The van der Waals surface area contributed by atoms with Crippen molar-refractivity contribution >= 4 is 11.7 Å². The standard InChI is InChI=1S/C18H24N4O/c1-21-13-16(12-20-21)11-18(23)22(17-9-5-6-10-19-17)14-15-7-3-2-4-8-15/h5-6,9-10,12-13,15H,2-4,7-8,11,14H2,1H3. The van der Waals surface area contributed by atoms with Gasteiger partial charge in [-0.25, -0.2) is 4.98 Å². The van der Waals surface area contributed by atoms with Gasteiger partial charge in [-0.2, -0.15) is 5.10 Å². The zero-order chi connectivity index (χ0) is 16.1. The van der Waals surface area contributed by atoms with Gasteiger partial charge in [0.05, 0.1) is 12.6 Å². The van der Waals surface area contributed by atoms with Gasteiger partial charge in [-0.15, -0.1) is 0 Å². The first-order chi connectivity index (χ1) is 11.2.